The van der Waals surface area contributed by atoms with Gasteiger partial charge in [-0.3, -0.25) is 0 Å². The molecule has 0 bridgehead atoms. The lowest BCUT2D eigenvalue weighted by Gasteiger charge is -2.21. The quantitative estimate of drug-likeness (QED) is 0.870. The summed E-state index contributed by atoms with van der Waals surface area (Å²) in [5, 5.41) is 0. The van der Waals surface area contributed by atoms with Crippen molar-refractivity contribution < 1.29 is 8.42 Å². The van der Waals surface area contributed by atoms with Crippen molar-refractivity contribution in [3.8, 4) is 0 Å². The number of rotatable bonds is 6. The van der Waals surface area contributed by atoms with Crippen LogP contribution in [-0.2, 0) is 16.4 Å². The van der Waals surface area contributed by atoms with Crippen LogP contribution in [-0.4, -0.2) is 15.0 Å². The molecule has 118 valence electrons. The molecule has 1 fully saturated rings. The Balaban J connectivity index is 1.95. The van der Waals surface area contributed by atoms with Crippen molar-refractivity contribution in [3.63, 3.8) is 0 Å². The van der Waals surface area contributed by atoms with Crippen LogP contribution in [0.15, 0.2) is 29.2 Å². The Labute approximate surface area is 129 Å². The number of benzene rings is 1. The van der Waals surface area contributed by atoms with Gasteiger partial charge in [-0.2, -0.15) is 0 Å². The Morgan fingerprint density at radius 2 is 1.71 bits per heavy atom. The molecule has 0 atom stereocenters. The number of hydrogen-bond donors (Lipinski definition) is 1. The summed E-state index contributed by atoms with van der Waals surface area (Å²) in [6.07, 6.45) is 7.04. The Hall–Kier alpha value is -0.870. The molecule has 4 heteroatoms. The van der Waals surface area contributed by atoms with E-state index in [4.69, 9.17) is 0 Å². The van der Waals surface area contributed by atoms with Gasteiger partial charge in [0, 0.05) is 6.54 Å². The van der Waals surface area contributed by atoms with E-state index in [1.54, 1.807) is 12.1 Å². The molecule has 0 aliphatic heterocycles. The van der Waals surface area contributed by atoms with E-state index in [1.165, 1.54) is 24.8 Å². The smallest absolute Gasteiger partial charge is 0.211 e. The monoisotopic (exact) mass is 309 g/mol. The average Bonchev–Trinajstić information content (AvgIpc) is 2.46. The van der Waals surface area contributed by atoms with Crippen molar-refractivity contribution in [1.82, 2.24) is 4.72 Å². The molecule has 1 saturated carbocycles. The Kier molecular flexibility index (Phi) is 5.82. The molecule has 0 radical (unpaired) electrons. The van der Waals surface area contributed by atoms with Crippen LogP contribution in [0, 0.1) is 11.8 Å². The first-order valence-electron chi connectivity index (χ1n) is 8.06. The molecule has 0 heterocycles. The van der Waals surface area contributed by atoms with Crippen LogP contribution < -0.4 is 4.72 Å². The maximum atomic E-state index is 12.3. The standard InChI is InChI=1S/C17H27NO2S/c1-14(2)12-15-8-10-17(11-9-15)21(19,20)18-13-16-6-4-3-5-7-16/h8-11,14,16,18H,3-7,12-13H2,1-2H3. The van der Waals surface area contributed by atoms with E-state index >= 15 is 0 Å². The lowest BCUT2D eigenvalue weighted by Crippen LogP contribution is -2.30. The minimum absolute atomic E-state index is 0.380. The van der Waals surface area contributed by atoms with Crippen LogP contribution in [0.4, 0.5) is 0 Å². The zero-order valence-electron chi connectivity index (χ0n) is 13.1. The van der Waals surface area contributed by atoms with E-state index in [1.807, 2.05) is 12.1 Å². The van der Waals surface area contributed by atoms with Crippen LogP contribution >= 0.6 is 0 Å². The Morgan fingerprint density at radius 3 is 2.29 bits per heavy atom. The number of sulfonamides is 1. The minimum atomic E-state index is -3.35. The lowest BCUT2D eigenvalue weighted by atomic mass is 9.90. The van der Waals surface area contributed by atoms with E-state index in [9.17, 15) is 8.42 Å². The van der Waals surface area contributed by atoms with E-state index < -0.39 is 10.0 Å². The summed E-state index contributed by atoms with van der Waals surface area (Å²) >= 11 is 0. The molecule has 1 aromatic rings. The summed E-state index contributed by atoms with van der Waals surface area (Å²) in [6, 6.07) is 7.30. The third-order valence-electron chi connectivity index (χ3n) is 4.16. The molecule has 2 rings (SSSR count). The zero-order chi connectivity index (χ0) is 15.3. The third kappa shape index (κ3) is 5.11. The lowest BCUT2D eigenvalue weighted by molar-refractivity contribution is 0.357. The zero-order valence-corrected chi connectivity index (χ0v) is 14.0. The van der Waals surface area contributed by atoms with Gasteiger partial charge in [0.25, 0.3) is 0 Å². The van der Waals surface area contributed by atoms with Crippen LogP contribution in [0.2, 0.25) is 0 Å². The van der Waals surface area contributed by atoms with Gasteiger partial charge in [-0.15, -0.1) is 0 Å². The molecule has 1 aliphatic carbocycles. The van der Waals surface area contributed by atoms with E-state index in [0.717, 1.165) is 19.3 Å². The van der Waals surface area contributed by atoms with E-state index in [0.29, 0.717) is 23.3 Å². The van der Waals surface area contributed by atoms with Crippen LogP contribution in [0.1, 0.15) is 51.5 Å². The molecule has 1 N–H and O–H groups in total. The molecule has 0 spiro atoms. The first kappa shape index (κ1) is 16.5. The van der Waals surface area contributed by atoms with Crippen molar-refractivity contribution in [2.45, 2.75) is 57.3 Å². The largest absolute Gasteiger partial charge is 0.240 e. The first-order valence-corrected chi connectivity index (χ1v) is 9.54. The van der Waals surface area contributed by atoms with Gasteiger partial charge in [-0.25, -0.2) is 13.1 Å². The van der Waals surface area contributed by atoms with Crippen LogP contribution in [0.25, 0.3) is 0 Å². The van der Waals surface area contributed by atoms with Gasteiger partial charge in [0.05, 0.1) is 4.90 Å². The van der Waals surface area contributed by atoms with E-state index in [2.05, 4.69) is 18.6 Å². The highest BCUT2D eigenvalue weighted by Gasteiger charge is 2.18. The molecule has 0 unspecified atom stereocenters. The van der Waals surface area contributed by atoms with Gasteiger partial charge < -0.3 is 0 Å². The van der Waals surface area contributed by atoms with Gasteiger partial charge in [0.2, 0.25) is 10.0 Å². The number of nitrogens with one attached hydrogen (secondary N) is 1. The molecular weight excluding hydrogens is 282 g/mol. The summed E-state index contributed by atoms with van der Waals surface area (Å²) in [6.45, 7) is 4.91. The molecule has 21 heavy (non-hydrogen) atoms. The van der Waals surface area contributed by atoms with Crippen molar-refractivity contribution >= 4 is 10.0 Å². The average molecular weight is 309 g/mol. The number of hydrogen-bond acceptors (Lipinski definition) is 2. The topological polar surface area (TPSA) is 46.2 Å². The maximum Gasteiger partial charge on any atom is 0.240 e. The van der Waals surface area contributed by atoms with Crippen molar-refractivity contribution in [1.29, 1.82) is 0 Å². The van der Waals surface area contributed by atoms with Crippen LogP contribution in [0.5, 0.6) is 0 Å². The maximum absolute atomic E-state index is 12.3. The Bertz CT molecular complexity index is 528. The fourth-order valence-electron chi connectivity index (χ4n) is 2.98. The molecule has 0 saturated heterocycles. The predicted molar refractivity (Wildman–Crippen MR) is 86.7 cm³/mol. The fraction of sp³-hybridized carbons (Fsp3) is 0.647. The summed E-state index contributed by atoms with van der Waals surface area (Å²) in [5.41, 5.74) is 1.19. The first-order chi connectivity index (χ1) is 9.97. The summed E-state index contributed by atoms with van der Waals surface area (Å²) in [7, 11) is -3.35. The fourth-order valence-corrected chi connectivity index (χ4v) is 4.09. The van der Waals surface area contributed by atoms with Gasteiger partial charge in [-0.05, 0) is 48.8 Å². The van der Waals surface area contributed by atoms with Gasteiger partial charge in [-0.1, -0.05) is 45.2 Å². The molecule has 0 aromatic heterocycles. The van der Waals surface area contributed by atoms with Crippen molar-refractivity contribution in [2.75, 3.05) is 6.54 Å². The summed E-state index contributed by atoms with van der Waals surface area (Å²) < 4.78 is 27.4. The highest BCUT2D eigenvalue weighted by Crippen LogP contribution is 2.23. The third-order valence-corrected chi connectivity index (χ3v) is 5.60. The molecule has 3 nitrogen and oxygen atoms in total. The predicted octanol–water partition coefficient (Wildman–Crippen LogP) is 3.74. The second-order valence-electron chi connectivity index (χ2n) is 6.60. The molecule has 1 aliphatic rings. The van der Waals surface area contributed by atoms with E-state index in [-0.39, 0.29) is 0 Å². The summed E-state index contributed by atoms with van der Waals surface area (Å²) in [5.74, 6) is 1.09. The second-order valence-corrected chi connectivity index (χ2v) is 8.36. The van der Waals surface area contributed by atoms with Crippen molar-refractivity contribution in [2.24, 2.45) is 11.8 Å². The Morgan fingerprint density at radius 1 is 1.10 bits per heavy atom. The van der Waals surface area contributed by atoms with Gasteiger partial charge >= 0.3 is 0 Å². The minimum Gasteiger partial charge on any atom is -0.211 e. The summed E-state index contributed by atoms with van der Waals surface area (Å²) in [4.78, 5) is 0.380. The SMILES string of the molecule is CC(C)Cc1ccc(S(=O)(=O)NCC2CCCCC2)cc1. The highest BCUT2D eigenvalue weighted by molar-refractivity contribution is 7.89. The second kappa shape index (κ2) is 7.41. The van der Waals surface area contributed by atoms with Gasteiger partial charge in [0.1, 0.15) is 0 Å². The van der Waals surface area contributed by atoms with Crippen LogP contribution in [0.3, 0.4) is 0 Å². The normalized spacial score (nSPS) is 17.3. The van der Waals surface area contributed by atoms with Crippen molar-refractivity contribution in [3.05, 3.63) is 29.8 Å². The van der Waals surface area contributed by atoms with Gasteiger partial charge in [0.15, 0.2) is 0 Å². The molecular formula is C17H27NO2S. The molecule has 1 aromatic carbocycles. The molecule has 0 amide bonds. The highest BCUT2D eigenvalue weighted by atomic mass is 32.2.